The number of nitrogens with one attached hydrogen (secondary N) is 1. The highest BCUT2D eigenvalue weighted by Crippen LogP contribution is 2.26. The zero-order valence-corrected chi connectivity index (χ0v) is 7.32. The number of carbonyl (C=O) groups is 1. The van der Waals surface area contributed by atoms with Gasteiger partial charge in [0.1, 0.15) is 0 Å². The second-order valence-corrected chi connectivity index (χ2v) is 3.61. The zero-order valence-electron chi connectivity index (χ0n) is 6.56. The second-order valence-electron chi connectivity index (χ2n) is 3.15. The van der Waals surface area contributed by atoms with Gasteiger partial charge in [0.05, 0.1) is 5.03 Å². The Hall–Kier alpha value is -0.500. The van der Waals surface area contributed by atoms with Crippen LogP contribution in [0.15, 0.2) is 11.6 Å². The Morgan fingerprint density at radius 1 is 1.64 bits per heavy atom. The van der Waals surface area contributed by atoms with E-state index in [1.165, 1.54) is 0 Å². The van der Waals surface area contributed by atoms with E-state index in [0.717, 1.165) is 18.8 Å². The smallest absolute Gasteiger partial charge is 0.262 e. The van der Waals surface area contributed by atoms with Crippen LogP contribution < -0.4 is 5.32 Å². The average molecular weight is 174 g/mol. The molecule has 3 heteroatoms. The van der Waals surface area contributed by atoms with Crippen LogP contribution in [-0.4, -0.2) is 11.9 Å². The molecule has 1 aliphatic rings. The fraction of sp³-hybridized carbons (Fsp3) is 0.625. The Kier molecular flexibility index (Phi) is 2.55. The highest BCUT2D eigenvalue weighted by Gasteiger charge is 2.26. The maximum atomic E-state index is 10.9. The van der Waals surface area contributed by atoms with Crippen LogP contribution >= 0.6 is 11.6 Å². The van der Waals surface area contributed by atoms with Gasteiger partial charge in [0.2, 0.25) is 0 Å². The molecule has 1 rings (SSSR count). The first-order valence-electron chi connectivity index (χ1n) is 3.75. The molecule has 1 amide bonds. The maximum absolute atomic E-state index is 10.9. The van der Waals surface area contributed by atoms with Crippen LogP contribution in [-0.2, 0) is 4.79 Å². The molecule has 0 aromatic rings. The third-order valence-corrected chi connectivity index (χ3v) is 2.13. The van der Waals surface area contributed by atoms with Gasteiger partial charge in [0, 0.05) is 6.04 Å². The van der Waals surface area contributed by atoms with Gasteiger partial charge in [-0.3, -0.25) is 4.79 Å². The molecule has 0 radical (unpaired) electrons. The number of hydrogen-bond donors (Lipinski definition) is 1. The van der Waals surface area contributed by atoms with E-state index >= 15 is 0 Å². The highest BCUT2D eigenvalue weighted by molar-refractivity contribution is 6.41. The summed E-state index contributed by atoms with van der Waals surface area (Å²) in [4.78, 5) is 10.9. The summed E-state index contributed by atoms with van der Waals surface area (Å²) in [7, 11) is 0. The van der Waals surface area contributed by atoms with Crippen LogP contribution in [0.3, 0.4) is 0 Å². The first-order valence-corrected chi connectivity index (χ1v) is 4.12. The summed E-state index contributed by atoms with van der Waals surface area (Å²) in [6, 6.07) is 0.327. The van der Waals surface area contributed by atoms with Gasteiger partial charge in [-0.1, -0.05) is 25.1 Å². The number of amides is 1. The molecular weight excluding hydrogens is 162 g/mol. The Bertz CT molecular complexity index is 185. The second kappa shape index (κ2) is 3.26. The van der Waals surface area contributed by atoms with E-state index in [-0.39, 0.29) is 10.9 Å². The van der Waals surface area contributed by atoms with Crippen molar-refractivity contribution in [1.29, 1.82) is 0 Å². The van der Waals surface area contributed by atoms with E-state index in [0.29, 0.717) is 6.04 Å². The normalized spacial score (nSPS) is 28.9. The summed E-state index contributed by atoms with van der Waals surface area (Å²) in [5.74, 6) is 0.507. The Balaban J connectivity index is 2.22. The van der Waals surface area contributed by atoms with E-state index < -0.39 is 0 Å². The van der Waals surface area contributed by atoms with Crippen LogP contribution in [0.5, 0.6) is 0 Å². The van der Waals surface area contributed by atoms with Crippen LogP contribution in [0.1, 0.15) is 19.8 Å². The number of halogens is 1. The standard InChI is InChI=1S/C8H12ClNO/c1-5-3-7(4-5)10-8(11)6(2)9/h5,7H,2-4H2,1H3,(H,10,11). The molecule has 62 valence electrons. The van der Waals surface area contributed by atoms with E-state index in [1.807, 2.05) is 0 Å². The first kappa shape index (κ1) is 8.60. The molecule has 1 saturated carbocycles. The van der Waals surface area contributed by atoms with Crippen molar-refractivity contribution in [3.8, 4) is 0 Å². The number of rotatable bonds is 2. The highest BCUT2D eigenvalue weighted by atomic mass is 35.5. The third-order valence-electron chi connectivity index (χ3n) is 1.96. The molecule has 0 heterocycles. The molecule has 0 aromatic carbocycles. The quantitative estimate of drug-likeness (QED) is 0.633. The summed E-state index contributed by atoms with van der Waals surface area (Å²) in [5, 5.41) is 2.85. The molecule has 1 N–H and O–H groups in total. The van der Waals surface area contributed by atoms with Crippen molar-refractivity contribution in [3.05, 3.63) is 11.6 Å². The zero-order chi connectivity index (χ0) is 8.43. The first-order chi connectivity index (χ1) is 5.09. The topological polar surface area (TPSA) is 29.1 Å². The van der Waals surface area contributed by atoms with Gasteiger partial charge in [0.15, 0.2) is 0 Å². The lowest BCUT2D eigenvalue weighted by Crippen LogP contribution is -2.43. The lowest BCUT2D eigenvalue weighted by molar-refractivity contribution is -0.118. The lowest BCUT2D eigenvalue weighted by Gasteiger charge is -2.33. The van der Waals surface area contributed by atoms with Gasteiger partial charge in [-0.2, -0.15) is 0 Å². The number of carbonyl (C=O) groups excluding carboxylic acids is 1. The SMILES string of the molecule is C=C(Cl)C(=O)NC1CC(C)C1. The molecule has 0 spiro atoms. The van der Waals surface area contributed by atoms with Crippen LogP contribution in [0.4, 0.5) is 0 Å². The monoisotopic (exact) mass is 173 g/mol. The summed E-state index contributed by atoms with van der Waals surface area (Å²) in [5.41, 5.74) is 0. The van der Waals surface area contributed by atoms with Crippen LogP contribution in [0, 0.1) is 5.92 Å². The van der Waals surface area contributed by atoms with E-state index in [9.17, 15) is 4.79 Å². The minimum atomic E-state index is -0.233. The molecule has 0 unspecified atom stereocenters. The van der Waals surface area contributed by atoms with E-state index in [1.54, 1.807) is 0 Å². The van der Waals surface area contributed by atoms with Crippen LogP contribution in [0.25, 0.3) is 0 Å². The van der Waals surface area contributed by atoms with Crippen molar-refractivity contribution in [3.63, 3.8) is 0 Å². The molecule has 0 bridgehead atoms. The predicted molar refractivity (Wildman–Crippen MR) is 45.3 cm³/mol. The average Bonchev–Trinajstić information content (AvgIpc) is 1.84. The van der Waals surface area contributed by atoms with E-state index in [2.05, 4.69) is 18.8 Å². The van der Waals surface area contributed by atoms with Gasteiger partial charge in [-0.15, -0.1) is 0 Å². The molecule has 1 aliphatic carbocycles. The fourth-order valence-corrected chi connectivity index (χ4v) is 1.34. The molecule has 0 atom stereocenters. The number of hydrogen-bond acceptors (Lipinski definition) is 1. The molecular formula is C8H12ClNO. The lowest BCUT2D eigenvalue weighted by atomic mass is 9.82. The van der Waals surface area contributed by atoms with Crippen molar-refractivity contribution >= 4 is 17.5 Å². The minimum absolute atomic E-state index is 0.0737. The van der Waals surface area contributed by atoms with E-state index in [4.69, 9.17) is 11.6 Å². The third kappa shape index (κ3) is 2.22. The van der Waals surface area contributed by atoms with Crippen molar-refractivity contribution in [1.82, 2.24) is 5.32 Å². The molecule has 2 nitrogen and oxygen atoms in total. The molecule has 0 aromatic heterocycles. The Morgan fingerprint density at radius 2 is 2.18 bits per heavy atom. The van der Waals surface area contributed by atoms with Crippen molar-refractivity contribution in [2.24, 2.45) is 5.92 Å². The molecule has 1 fully saturated rings. The largest absolute Gasteiger partial charge is 0.349 e. The summed E-state index contributed by atoms with van der Waals surface area (Å²) >= 11 is 5.38. The maximum Gasteiger partial charge on any atom is 0.262 e. The predicted octanol–water partition coefficient (Wildman–Crippen LogP) is 1.65. The van der Waals surface area contributed by atoms with Gasteiger partial charge in [-0.05, 0) is 18.8 Å². The molecule has 0 saturated heterocycles. The molecule has 0 aliphatic heterocycles. The Morgan fingerprint density at radius 3 is 2.55 bits per heavy atom. The molecule has 11 heavy (non-hydrogen) atoms. The fourth-order valence-electron chi connectivity index (χ4n) is 1.28. The van der Waals surface area contributed by atoms with Crippen molar-refractivity contribution in [2.45, 2.75) is 25.8 Å². The summed E-state index contributed by atoms with van der Waals surface area (Å²) in [6.45, 7) is 5.50. The van der Waals surface area contributed by atoms with Crippen LogP contribution in [0.2, 0.25) is 0 Å². The van der Waals surface area contributed by atoms with Gasteiger partial charge < -0.3 is 5.32 Å². The Labute approximate surface area is 71.6 Å². The minimum Gasteiger partial charge on any atom is -0.349 e. The summed E-state index contributed by atoms with van der Waals surface area (Å²) in [6.07, 6.45) is 2.13. The van der Waals surface area contributed by atoms with Gasteiger partial charge >= 0.3 is 0 Å². The van der Waals surface area contributed by atoms with Gasteiger partial charge in [-0.25, -0.2) is 0 Å². The van der Waals surface area contributed by atoms with Crippen molar-refractivity contribution in [2.75, 3.05) is 0 Å². The van der Waals surface area contributed by atoms with Crippen molar-refractivity contribution < 1.29 is 4.79 Å². The summed E-state index contributed by atoms with van der Waals surface area (Å²) < 4.78 is 0. The van der Waals surface area contributed by atoms with Gasteiger partial charge in [0.25, 0.3) is 5.91 Å².